The number of nitrogens with zero attached hydrogens (tertiary/aromatic N) is 1. The predicted octanol–water partition coefficient (Wildman–Crippen LogP) is 3.30. The van der Waals surface area contributed by atoms with E-state index in [0.29, 0.717) is 0 Å². The Morgan fingerprint density at radius 3 is 2.62 bits per heavy atom. The minimum atomic E-state index is -1.29. The highest BCUT2D eigenvalue weighted by molar-refractivity contribution is 6.14. The summed E-state index contributed by atoms with van der Waals surface area (Å²) in [7, 11) is 1.38. The number of furan rings is 1. The number of nitro groups is 1. The molecule has 0 atom stereocenters. The zero-order valence-corrected chi connectivity index (χ0v) is 13.4. The van der Waals surface area contributed by atoms with E-state index in [9.17, 15) is 19.7 Å². The van der Waals surface area contributed by atoms with Crippen molar-refractivity contribution in [3.63, 3.8) is 0 Å². The first-order valence-electron chi connectivity index (χ1n) is 7.30. The van der Waals surface area contributed by atoms with Crippen LogP contribution in [0.3, 0.4) is 0 Å². The summed E-state index contributed by atoms with van der Waals surface area (Å²) < 4.78 is 10.3. The van der Waals surface area contributed by atoms with Gasteiger partial charge >= 0.3 is 5.97 Å². The SMILES string of the molecule is COc1cc(C(=O)Nc2ccccc2[N+](=O)[O-])c2cc(C(=O)O)oc2c1. The zero-order valence-electron chi connectivity index (χ0n) is 13.4. The second-order valence-corrected chi connectivity index (χ2v) is 5.23. The number of nitro benzene ring substituents is 1. The van der Waals surface area contributed by atoms with Crippen molar-refractivity contribution < 1.29 is 28.8 Å². The van der Waals surface area contributed by atoms with E-state index in [1.807, 2.05) is 0 Å². The summed E-state index contributed by atoms with van der Waals surface area (Å²) in [6.45, 7) is 0. The molecular formula is C17H12N2O7. The second-order valence-electron chi connectivity index (χ2n) is 5.23. The molecule has 0 bridgehead atoms. The van der Waals surface area contributed by atoms with Gasteiger partial charge in [-0.3, -0.25) is 14.9 Å². The van der Waals surface area contributed by atoms with Gasteiger partial charge in [-0.15, -0.1) is 0 Å². The maximum absolute atomic E-state index is 12.7. The van der Waals surface area contributed by atoms with E-state index < -0.39 is 16.8 Å². The molecule has 2 aromatic carbocycles. The zero-order chi connectivity index (χ0) is 18.8. The fourth-order valence-electron chi connectivity index (χ4n) is 2.45. The molecule has 0 fully saturated rings. The van der Waals surface area contributed by atoms with Gasteiger partial charge in [0.15, 0.2) is 0 Å². The first-order valence-corrected chi connectivity index (χ1v) is 7.30. The molecule has 0 unspecified atom stereocenters. The average molecular weight is 356 g/mol. The summed E-state index contributed by atoms with van der Waals surface area (Å²) in [4.78, 5) is 34.3. The molecular weight excluding hydrogens is 344 g/mol. The van der Waals surface area contributed by atoms with E-state index in [-0.39, 0.29) is 39.4 Å². The molecule has 3 aromatic rings. The number of fused-ring (bicyclic) bond motifs is 1. The number of para-hydroxylation sites is 2. The van der Waals surface area contributed by atoms with Gasteiger partial charge in [0.25, 0.3) is 11.6 Å². The van der Waals surface area contributed by atoms with E-state index in [1.54, 1.807) is 6.07 Å². The van der Waals surface area contributed by atoms with Crippen LogP contribution in [0.1, 0.15) is 20.9 Å². The smallest absolute Gasteiger partial charge is 0.371 e. The van der Waals surface area contributed by atoms with E-state index in [2.05, 4.69) is 5.32 Å². The van der Waals surface area contributed by atoms with Crippen molar-refractivity contribution in [3.05, 3.63) is 63.9 Å². The minimum Gasteiger partial charge on any atom is -0.497 e. The Bertz CT molecular complexity index is 1040. The number of benzene rings is 2. The number of hydrogen-bond acceptors (Lipinski definition) is 6. The van der Waals surface area contributed by atoms with Gasteiger partial charge in [0.05, 0.1) is 17.6 Å². The summed E-state index contributed by atoms with van der Waals surface area (Å²) in [6, 6.07) is 9.74. The van der Waals surface area contributed by atoms with Crippen molar-refractivity contribution >= 4 is 34.2 Å². The lowest BCUT2D eigenvalue weighted by Crippen LogP contribution is -2.13. The largest absolute Gasteiger partial charge is 0.497 e. The van der Waals surface area contributed by atoms with Gasteiger partial charge in [-0.05, 0) is 12.1 Å². The standard InChI is InChI=1S/C17H12N2O7/c1-25-9-6-11(10-8-15(17(21)22)26-14(10)7-9)16(20)18-12-4-2-3-5-13(12)19(23)24/h2-8H,1H3,(H,18,20)(H,21,22). The minimum absolute atomic E-state index is 0.0143. The Hall–Kier alpha value is -3.88. The predicted molar refractivity (Wildman–Crippen MR) is 90.8 cm³/mol. The van der Waals surface area contributed by atoms with Crippen LogP contribution < -0.4 is 10.1 Å². The van der Waals surface area contributed by atoms with Crippen molar-refractivity contribution in [1.29, 1.82) is 0 Å². The van der Waals surface area contributed by atoms with Crippen LogP contribution >= 0.6 is 0 Å². The van der Waals surface area contributed by atoms with Gasteiger partial charge in [0.1, 0.15) is 17.0 Å². The number of ether oxygens (including phenoxy) is 1. The fourth-order valence-corrected chi connectivity index (χ4v) is 2.45. The van der Waals surface area contributed by atoms with E-state index in [1.165, 1.54) is 43.5 Å². The number of anilines is 1. The third kappa shape index (κ3) is 3.05. The molecule has 9 heteroatoms. The molecule has 132 valence electrons. The quantitative estimate of drug-likeness (QED) is 0.529. The molecule has 0 spiro atoms. The third-order valence-electron chi connectivity index (χ3n) is 3.65. The molecule has 9 nitrogen and oxygen atoms in total. The number of carboxylic acid groups (broad SMARTS) is 1. The van der Waals surface area contributed by atoms with Crippen molar-refractivity contribution in [3.8, 4) is 5.75 Å². The van der Waals surface area contributed by atoms with Crippen LogP contribution in [0.15, 0.2) is 46.9 Å². The van der Waals surface area contributed by atoms with Crippen LogP contribution in [0.4, 0.5) is 11.4 Å². The molecule has 0 aliphatic rings. The Balaban J connectivity index is 2.08. The molecule has 0 aliphatic carbocycles. The van der Waals surface area contributed by atoms with Crippen LogP contribution in [0.2, 0.25) is 0 Å². The number of methoxy groups -OCH3 is 1. The molecule has 1 amide bonds. The molecule has 1 aromatic heterocycles. The van der Waals surface area contributed by atoms with Gasteiger partial charge in [0, 0.05) is 23.6 Å². The Kier molecular flexibility index (Phi) is 4.27. The number of nitrogens with one attached hydrogen (secondary N) is 1. The molecule has 0 saturated carbocycles. The van der Waals surface area contributed by atoms with E-state index >= 15 is 0 Å². The van der Waals surface area contributed by atoms with Gasteiger partial charge in [0.2, 0.25) is 5.76 Å². The normalized spacial score (nSPS) is 10.5. The van der Waals surface area contributed by atoms with Gasteiger partial charge in [-0.25, -0.2) is 4.79 Å². The average Bonchev–Trinajstić information content (AvgIpc) is 3.05. The molecule has 3 rings (SSSR count). The summed E-state index contributed by atoms with van der Waals surface area (Å²) in [5, 5.41) is 22.9. The number of carbonyl (C=O) groups excluding carboxylic acids is 1. The molecule has 1 heterocycles. The van der Waals surface area contributed by atoms with E-state index in [0.717, 1.165) is 0 Å². The van der Waals surface area contributed by atoms with Crippen LogP contribution in [0, 0.1) is 10.1 Å². The highest BCUT2D eigenvalue weighted by atomic mass is 16.6. The maximum atomic E-state index is 12.7. The molecule has 0 aliphatic heterocycles. The lowest BCUT2D eigenvalue weighted by Gasteiger charge is -2.08. The van der Waals surface area contributed by atoms with Crippen molar-refractivity contribution in [2.45, 2.75) is 0 Å². The van der Waals surface area contributed by atoms with Crippen molar-refractivity contribution in [2.75, 3.05) is 12.4 Å². The molecule has 0 radical (unpaired) electrons. The van der Waals surface area contributed by atoms with Gasteiger partial charge in [-0.1, -0.05) is 12.1 Å². The second kappa shape index (κ2) is 6.55. The summed E-state index contributed by atoms with van der Waals surface area (Å²) in [5.41, 5.74) is -0.0398. The highest BCUT2D eigenvalue weighted by Gasteiger charge is 2.21. The summed E-state index contributed by atoms with van der Waals surface area (Å²) in [6.07, 6.45) is 0. The molecule has 2 N–H and O–H groups in total. The third-order valence-corrected chi connectivity index (χ3v) is 3.65. The van der Waals surface area contributed by atoms with Crippen LogP contribution in [0.5, 0.6) is 5.75 Å². The lowest BCUT2D eigenvalue weighted by atomic mass is 10.1. The summed E-state index contributed by atoms with van der Waals surface area (Å²) >= 11 is 0. The Morgan fingerprint density at radius 2 is 1.96 bits per heavy atom. The number of carbonyl (C=O) groups is 2. The number of amides is 1. The van der Waals surface area contributed by atoms with Gasteiger partial charge in [-0.2, -0.15) is 0 Å². The summed E-state index contributed by atoms with van der Waals surface area (Å²) in [5.74, 6) is -2.02. The van der Waals surface area contributed by atoms with E-state index in [4.69, 9.17) is 14.3 Å². The Labute approximate surface area is 145 Å². The number of aromatic carboxylic acids is 1. The van der Waals surface area contributed by atoms with Crippen LogP contribution in [-0.4, -0.2) is 29.0 Å². The Morgan fingerprint density at radius 1 is 1.23 bits per heavy atom. The first kappa shape index (κ1) is 17.0. The number of hydrogen-bond donors (Lipinski definition) is 2. The van der Waals surface area contributed by atoms with Crippen molar-refractivity contribution in [1.82, 2.24) is 0 Å². The molecule has 0 saturated heterocycles. The maximum Gasteiger partial charge on any atom is 0.371 e. The lowest BCUT2D eigenvalue weighted by molar-refractivity contribution is -0.383. The van der Waals surface area contributed by atoms with Crippen LogP contribution in [0.25, 0.3) is 11.0 Å². The topological polar surface area (TPSA) is 132 Å². The fraction of sp³-hybridized carbons (Fsp3) is 0.0588. The van der Waals surface area contributed by atoms with Crippen molar-refractivity contribution in [2.24, 2.45) is 0 Å². The number of rotatable bonds is 5. The van der Waals surface area contributed by atoms with Gasteiger partial charge < -0.3 is 19.6 Å². The molecule has 26 heavy (non-hydrogen) atoms. The number of carboxylic acids is 1. The first-order chi connectivity index (χ1) is 12.4. The van der Waals surface area contributed by atoms with Crippen LogP contribution in [-0.2, 0) is 0 Å². The highest BCUT2D eigenvalue weighted by Crippen LogP contribution is 2.30. The monoisotopic (exact) mass is 356 g/mol.